The van der Waals surface area contributed by atoms with E-state index in [1.165, 1.54) is 18.3 Å². The summed E-state index contributed by atoms with van der Waals surface area (Å²) in [6.45, 7) is 0. The van der Waals surface area contributed by atoms with Crippen LogP contribution in [0.3, 0.4) is 0 Å². The van der Waals surface area contributed by atoms with Crippen molar-refractivity contribution in [2.45, 2.75) is 0 Å². The minimum atomic E-state index is -0.265. The average molecular weight is 264 g/mol. The number of hydrogen-bond donors (Lipinski definition) is 0. The third-order valence-corrected chi connectivity index (χ3v) is 2.87. The predicted molar refractivity (Wildman–Crippen MR) is 73.0 cm³/mol. The van der Waals surface area contributed by atoms with Crippen LogP contribution in [0.1, 0.15) is 16.8 Å². The Morgan fingerprint density at radius 1 is 1.15 bits per heavy atom. The zero-order chi connectivity index (χ0) is 13.9. The monoisotopic (exact) mass is 264 g/mol. The fourth-order valence-corrected chi connectivity index (χ4v) is 1.87. The van der Waals surface area contributed by atoms with Crippen LogP contribution in [0.25, 0.3) is 17.8 Å². The molecule has 0 amide bonds. The maximum atomic E-state index is 12.8. The summed E-state index contributed by atoms with van der Waals surface area (Å²) in [5.74, 6) is -0.265. The first-order valence-electron chi connectivity index (χ1n) is 5.94. The van der Waals surface area contributed by atoms with E-state index in [1.807, 2.05) is 18.2 Å². The molecule has 0 saturated heterocycles. The molecule has 0 spiro atoms. The zero-order valence-corrected chi connectivity index (χ0v) is 10.4. The van der Waals surface area contributed by atoms with Gasteiger partial charge < -0.3 is 0 Å². The maximum absolute atomic E-state index is 12.8. The van der Waals surface area contributed by atoms with Gasteiger partial charge in [0.1, 0.15) is 17.4 Å². The van der Waals surface area contributed by atoms with Gasteiger partial charge in [0.2, 0.25) is 0 Å². The van der Waals surface area contributed by atoms with Crippen LogP contribution in [0.5, 0.6) is 0 Å². The van der Waals surface area contributed by atoms with Crippen molar-refractivity contribution in [3.8, 4) is 6.07 Å². The van der Waals surface area contributed by atoms with Crippen molar-refractivity contribution in [1.29, 1.82) is 5.26 Å². The first-order valence-corrected chi connectivity index (χ1v) is 5.94. The summed E-state index contributed by atoms with van der Waals surface area (Å²) in [5.41, 5.74) is 2.63. The summed E-state index contributed by atoms with van der Waals surface area (Å²) >= 11 is 0. The van der Waals surface area contributed by atoms with Gasteiger partial charge in [-0.25, -0.2) is 13.9 Å². The Labute approximate surface area is 114 Å². The molecule has 0 unspecified atom stereocenters. The SMILES string of the molecule is N#Cc1cnn2c(/C=C/c3ccc(F)cc3)ccnc12. The molecule has 1 aromatic carbocycles. The van der Waals surface area contributed by atoms with Crippen molar-refractivity contribution in [2.75, 3.05) is 0 Å². The lowest BCUT2D eigenvalue weighted by atomic mass is 10.2. The van der Waals surface area contributed by atoms with E-state index in [4.69, 9.17) is 5.26 Å². The molecule has 0 bridgehead atoms. The Balaban J connectivity index is 2.01. The summed E-state index contributed by atoms with van der Waals surface area (Å²) in [5, 5.41) is 13.1. The van der Waals surface area contributed by atoms with Crippen molar-refractivity contribution < 1.29 is 4.39 Å². The van der Waals surface area contributed by atoms with Crippen LogP contribution >= 0.6 is 0 Å². The Morgan fingerprint density at radius 2 is 1.95 bits per heavy atom. The van der Waals surface area contributed by atoms with Crippen molar-refractivity contribution >= 4 is 17.8 Å². The summed E-state index contributed by atoms with van der Waals surface area (Å²) in [7, 11) is 0. The van der Waals surface area contributed by atoms with Crippen molar-refractivity contribution in [3.05, 3.63) is 65.4 Å². The number of benzene rings is 1. The quantitative estimate of drug-likeness (QED) is 0.715. The molecule has 0 aliphatic heterocycles. The van der Waals surface area contributed by atoms with E-state index in [0.717, 1.165) is 11.3 Å². The molecule has 3 aromatic rings. The number of fused-ring (bicyclic) bond motifs is 1. The van der Waals surface area contributed by atoms with Gasteiger partial charge in [-0.15, -0.1) is 0 Å². The van der Waals surface area contributed by atoms with Gasteiger partial charge in [-0.2, -0.15) is 10.4 Å². The highest BCUT2D eigenvalue weighted by atomic mass is 19.1. The van der Waals surface area contributed by atoms with Gasteiger partial charge in [0.25, 0.3) is 0 Å². The Morgan fingerprint density at radius 3 is 2.70 bits per heavy atom. The van der Waals surface area contributed by atoms with Gasteiger partial charge >= 0.3 is 0 Å². The Bertz CT molecular complexity index is 825. The number of aromatic nitrogens is 3. The fraction of sp³-hybridized carbons (Fsp3) is 0. The number of rotatable bonds is 2. The second-order valence-corrected chi connectivity index (χ2v) is 4.16. The molecule has 0 atom stereocenters. The van der Waals surface area contributed by atoms with Crippen LogP contribution in [-0.2, 0) is 0 Å². The van der Waals surface area contributed by atoms with Gasteiger partial charge in [-0.05, 0) is 29.8 Å². The van der Waals surface area contributed by atoms with Gasteiger partial charge in [-0.1, -0.05) is 18.2 Å². The molecule has 0 fully saturated rings. The number of nitrogens with zero attached hydrogens (tertiary/aromatic N) is 4. The van der Waals surface area contributed by atoms with Crippen LogP contribution < -0.4 is 0 Å². The molecule has 2 aromatic heterocycles. The fourth-order valence-electron chi connectivity index (χ4n) is 1.87. The van der Waals surface area contributed by atoms with Crippen molar-refractivity contribution in [3.63, 3.8) is 0 Å². The lowest BCUT2D eigenvalue weighted by Crippen LogP contribution is -1.94. The number of nitriles is 1. The smallest absolute Gasteiger partial charge is 0.173 e. The Kier molecular flexibility index (Phi) is 2.98. The summed E-state index contributed by atoms with van der Waals surface area (Å²) in [6.07, 6.45) is 6.80. The largest absolute Gasteiger partial charge is 0.236 e. The predicted octanol–water partition coefficient (Wildman–Crippen LogP) is 2.91. The summed E-state index contributed by atoms with van der Waals surface area (Å²) < 4.78 is 14.4. The molecular formula is C15H9FN4. The highest BCUT2D eigenvalue weighted by Crippen LogP contribution is 2.12. The molecule has 0 aliphatic rings. The van der Waals surface area contributed by atoms with Crippen molar-refractivity contribution in [1.82, 2.24) is 14.6 Å². The lowest BCUT2D eigenvalue weighted by molar-refractivity contribution is 0.628. The number of halogens is 1. The summed E-state index contributed by atoms with van der Waals surface area (Å²) in [6, 6.07) is 10.0. The topological polar surface area (TPSA) is 54.0 Å². The van der Waals surface area contributed by atoms with E-state index >= 15 is 0 Å². The van der Waals surface area contributed by atoms with Crippen LogP contribution in [0.15, 0.2) is 42.7 Å². The minimum Gasteiger partial charge on any atom is -0.236 e. The van der Waals surface area contributed by atoms with Crippen molar-refractivity contribution in [2.24, 2.45) is 0 Å². The Hall–Kier alpha value is -3.00. The zero-order valence-electron chi connectivity index (χ0n) is 10.4. The molecule has 0 N–H and O–H groups in total. The molecule has 4 nitrogen and oxygen atoms in total. The standard InChI is InChI=1S/C15H9FN4/c16-13-4-1-11(2-5-13)3-6-14-7-8-18-15-12(9-17)10-19-20(14)15/h1-8,10H/b6-3+. The average Bonchev–Trinajstić information content (AvgIpc) is 2.90. The van der Waals surface area contributed by atoms with E-state index in [0.29, 0.717) is 11.2 Å². The number of hydrogen-bond acceptors (Lipinski definition) is 3. The minimum absolute atomic E-state index is 0.265. The molecular weight excluding hydrogens is 255 g/mol. The van der Waals surface area contributed by atoms with E-state index in [9.17, 15) is 4.39 Å². The van der Waals surface area contributed by atoms with E-state index in [-0.39, 0.29) is 5.82 Å². The highest BCUT2D eigenvalue weighted by molar-refractivity contribution is 5.69. The summed E-state index contributed by atoms with van der Waals surface area (Å²) in [4.78, 5) is 4.13. The molecule has 20 heavy (non-hydrogen) atoms. The third kappa shape index (κ3) is 2.15. The molecule has 2 heterocycles. The molecule has 5 heteroatoms. The highest BCUT2D eigenvalue weighted by Gasteiger charge is 2.05. The molecule has 0 aliphatic carbocycles. The molecule has 96 valence electrons. The molecule has 0 saturated carbocycles. The van der Waals surface area contributed by atoms with E-state index in [2.05, 4.69) is 10.1 Å². The lowest BCUT2D eigenvalue weighted by Gasteiger charge is -1.98. The van der Waals surface area contributed by atoms with Gasteiger partial charge in [0.15, 0.2) is 5.65 Å². The second-order valence-electron chi connectivity index (χ2n) is 4.16. The molecule has 3 rings (SSSR count). The molecule has 0 radical (unpaired) electrons. The first-order chi connectivity index (χ1) is 9.78. The van der Waals surface area contributed by atoms with Crippen LogP contribution in [0, 0.1) is 17.1 Å². The van der Waals surface area contributed by atoms with Crippen LogP contribution in [0.4, 0.5) is 4.39 Å². The van der Waals surface area contributed by atoms with E-state index < -0.39 is 0 Å². The van der Waals surface area contributed by atoms with E-state index in [1.54, 1.807) is 28.9 Å². The third-order valence-electron chi connectivity index (χ3n) is 2.87. The van der Waals surface area contributed by atoms with Crippen LogP contribution in [0.2, 0.25) is 0 Å². The van der Waals surface area contributed by atoms with Crippen LogP contribution in [-0.4, -0.2) is 14.6 Å². The second kappa shape index (κ2) is 4.94. The first kappa shape index (κ1) is 12.1. The van der Waals surface area contributed by atoms with Gasteiger partial charge in [0, 0.05) is 6.20 Å². The van der Waals surface area contributed by atoms with Gasteiger partial charge in [-0.3, -0.25) is 0 Å². The normalized spacial score (nSPS) is 11.0. The maximum Gasteiger partial charge on any atom is 0.173 e. The van der Waals surface area contributed by atoms with Gasteiger partial charge in [0.05, 0.1) is 11.9 Å².